The van der Waals surface area contributed by atoms with Crippen molar-refractivity contribution in [3.63, 3.8) is 0 Å². The van der Waals surface area contributed by atoms with Gasteiger partial charge in [-0.3, -0.25) is 4.79 Å². The fraction of sp³-hybridized carbons (Fsp3) is 0.350. The van der Waals surface area contributed by atoms with Crippen molar-refractivity contribution in [2.75, 3.05) is 13.6 Å². The summed E-state index contributed by atoms with van der Waals surface area (Å²) >= 11 is 0. The van der Waals surface area contributed by atoms with Gasteiger partial charge in [-0.25, -0.2) is 8.42 Å². The van der Waals surface area contributed by atoms with Crippen molar-refractivity contribution in [3.8, 4) is 0 Å². The van der Waals surface area contributed by atoms with Crippen LogP contribution in [0.2, 0.25) is 0 Å². The first-order chi connectivity index (χ1) is 12.3. The largest absolute Gasteiger partial charge is 0.334 e. The van der Waals surface area contributed by atoms with Gasteiger partial charge in [-0.15, -0.1) is 0 Å². The van der Waals surface area contributed by atoms with Crippen molar-refractivity contribution in [1.29, 1.82) is 0 Å². The van der Waals surface area contributed by atoms with Crippen molar-refractivity contribution in [3.05, 3.63) is 65.2 Å². The van der Waals surface area contributed by atoms with Crippen LogP contribution in [0.25, 0.3) is 0 Å². The first kappa shape index (κ1) is 18.6. The van der Waals surface area contributed by atoms with Crippen molar-refractivity contribution < 1.29 is 13.2 Å². The van der Waals surface area contributed by atoms with E-state index in [1.165, 1.54) is 22.0 Å². The maximum atomic E-state index is 12.9. The number of nitrogens with zero attached hydrogens (tertiary/aromatic N) is 2. The summed E-state index contributed by atoms with van der Waals surface area (Å²) < 4.78 is 26.7. The molecule has 0 fully saturated rings. The van der Waals surface area contributed by atoms with Crippen LogP contribution in [0.4, 0.5) is 0 Å². The van der Waals surface area contributed by atoms with E-state index in [-0.39, 0.29) is 16.8 Å². The van der Waals surface area contributed by atoms with Gasteiger partial charge in [0.1, 0.15) is 0 Å². The predicted octanol–water partition coefficient (Wildman–Crippen LogP) is 2.91. The second kappa shape index (κ2) is 7.21. The summed E-state index contributed by atoms with van der Waals surface area (Å²) in [5, 5.41) is 0. The zero-order valence-electron chi connectivity index (χ0n) is 15.3. The number of rotatable bonds is 4. The molecule has 2 aromatic carbocycles. The first-order valence-corrected chi connectivity index (χ1v) is 10.2. The van der Waals surface area contributed by atoms with E-state index >= 15 is 0 Å². The van der Waals surface area contributed by atoms with Gasteiger partial charge >= 0.3 is 0 Å². The summed E-state index contributed by atoms with van der Waals surface area (Å²) in [6.07, 6.45) is 0.815. The number of benzene rings is 2. The minimum absolute atomic E-state index is 0.135. The molecule has 1 aliphatic heterocycles. The Morgan fingerprint density at radius 2 is 1.77 bits per heavy atom. The van der Waals surface area contributed by atoms with Gasteiger partial charge in [-0.1, -0.05) is 30.3 Å². The third kappa shape index (κ3) is 3.52. The lowest BCUT2D eigenvalue weighted by atomic mass is 9.99. The second-order valence-electron chi connectivity index (χ2n) is 6.89. The molecule has 0 radical (unpaired) electrons. The van der Waals surface area contributed by atoms with Crippen LogP contribution >= 0.6 is 0 Å². The summed E-state index contributed by atoms with van der Waals surface area (Å²) in [7, 11) is -2.06. The molecule has 0 saturated carbocycles. The number of amides is 1. The quantitative estimate of drug-likeness (QED) is 0.829. The Bertz CT molecular complexity index is 922. The second-order valence-corrected chi connectivity index (χ2v) is 8.89. The molecule has 0 atom stereocenters. The van der Waals surface area contributed by atoms with Crippen LogP contribution in [0.15, 0.2) is 53.4 Å². The number of carbonyl (C=O) groups is 1. The predicted molar refractivity (Wildman–Crippen MR) is 101 cm³/mol. The van der Waals surface area contributed by atoms with Crippen LogP contribution in [0.3, 0.4) is 0 Å². The molecule has 0 N–H and O–H groups in total. The van der Waals surface area contributed by atoms with E-state index in [1.54, 1.807) is 24.1 Å². The van der Waals surface area contributed by atoms with Crippen LogP contribution in [0.5, 0.6) is 0 Å². The van der Waals surface area contributed by atoms with E-state index in [9.17, 15) is 13.2 Å². The van der Waals surface area contributed by atoms with Gasteiger partial charge < -0.3 is 4.90 Å². The van der Waals surface area contributed by atoms with Gasteiger partial charge in [0.05, 0.1) is 4.90 Å². The lowest BCUT2D eigenvalue weighted by Gasteiger charge is -2.29. The number of sulfonamides is 1. The van der Waals surface area contributed by atoms with E-state index in [4.69, 9.17) is 0 Å². The van der Waals surface area contributed by atoms with Crippen molar-refractivity contribution in [2.24, 2.45) is 0 Å². The highest BCUT2D eigenvalue weighted by atomic mass is 32.2. The maximum absolute atomic E-state index is 12.9. The lowest BCUT2D eigenvalue weighted by Crippen LogP contribution is -2.36. The number of carbonyl (C=O) groups excluding carboxylic acids is 1. The Labute approximate surface area is 155 Å². The highest BCUT2D eigenvalue weighted by molar-refractivity contribution is 7.89. The van der Waals surface area contributed by atoms with Gasteiger partial charge in [0.2, 0.25) is 10.0 Å². The van der Waals surface area contributed by atoms with Crippen molar-refractivity contribution in [1.82, 2.24) is 9.21 Å². The number of hydrogen-bond donors (Lipinski definition) is 0. The molecule has 0 unspecified atom stereocenters. The Kier molecular flexibility index (Phi) is 5.16. The number of fused-ring (bicyclic) bond motifs is 1. The SMILES string of the molecule is CC(C)N(C)S(=O)(=O)c1cccc(C(=O)N2CCc3ccccc3C2)c1. The zero-order valence-corrected chi connectivity index (χ0v) is 16.2. The fourth-order valence-corrected chi connectivity index (χ4v) is 4.50. The molecule has 0 bridgehead atoms. The summed E-state index contributed by atoms with van der Waals surface area (Å²) in [5.74, 6) is -0.135. The topological polar surface area (TPSA) is 57.7 Å². The molecule has 0 saturated heterocycles. The molecule has 1 amide bonds. The van der Waals surface area contributed by atoms with Gasteiger partial charge in [-0.2, -0.15) is 4.31 Å². The summed E-state index contributed by atoms with van der Waals surface area (Å²) in [5.41, 5.74) is 2.82. The Morgan fingerprint density at radius 1 is 1.08 bits per heavy atom. The smallest absolute Gasteiger partial charge is 0.254 e. The lowest BCUT2D eigenvalue weighted by molar-refractivity contribution is 0.0734. The summed E-state index contributed by atoms with van der Waals surface area (Å²) in [6.45, 7) is 4.83. The van der Waals surface area contributed by atoms with Crippen molar-refractivity contribution >= 4 is 15.9 Å². The summed E-state index contributed by atoms with van der Waals surface area (Å²) in [6, 6.07) is 14.3. The van der Waals surface area contributed by atoms with Gasteiger partial charge in [-0.05, 0) is 49.6 Å². The molecule has 3 rings (SSSR count). The molecular formula is C20H24N2O3S. The average molecular weight is 372 g/mol. The van der Waals surface area contributed by atoms with Gasteiger partial charge in [0, 0.05) is 31.7 Å². The molecule has 0 spiro atoms. The Morgan fingerprint density at radius 3 is 2.46 bits per heavy atom. The van der Waals surface area contributed by atoms with Crippen LogP contribution < -0.4 is 0 Å². The van der Waals surface area contributed by atoms with Crippen LogP contribution in [-0.4, -0.2) is 43.2 Å². The van der Waals surface area contributed by atoms with E-state index in [0.29, 0.717) is 18.7 Å². The van der Waals surface area contributed by atoms with Gasteiger partial charge in [0.15, 0.2) is 0 Å². The van der Waals surface area contributed by atoms with E-state index in [2.05, 4.69) is 6.07 Å². The third-order valence-electron chi connectivity index (χ3n) is 4.90. The number of hydrogen-bond acceptors (Lipinski definition) is 3. The molecule has 138 valence electrons. The minimum Gasteiger partial charge on any atom is -0.334 e. The average Bonchev–Trinajstić information content (AvgIpc) is 2.66. The maximum Gasteiger partial charge on any atom is 0.254 e. The van der Waals surface area contributed by atoms with Gasteiger partial charge in [0.25, 0.3) is 5.91 Å². The molecule has 0 aliphatic carbocycles. The molecule has 6 heteroatoms. The highest BCUT2D eigenvalue weighted by Gasteiger charge is 2.26. The van der Waals surface area contributed by atoms with E-state index < -0.39 is 10.0 Å². The van der Waals surface area contributed by atoms with E-state index in [1.807, 2.05) is 32.0 Å². The van der Waals surface area contributed by atoms with E-state index in [0.717, 1.165) is 12.0 Å². The van der Waals surface area contributed by atoms with Crippen LogP contribution in [0, 0.1) is 0 Å². The van der Waals surface area contributed by atoms with Crippen molar-refractivity contribution in [2.45, 2.75) is 37.8 Å². The first-order valence-electron chi connectivity index (χ1n) is 8.75. The minimum atomic E-state index is -3.61. The van der Waals surface area contributed by atoms with Crippen LogP contribution in [0.1, 0.15) is 35.3 Å². The summed E-state index contributed by atoms with van der Waals surface area (Å²) in [4.78, 5) is 14.8. The molecule has 0 aromatic heterocycles. The molecule has 5 nitrogen and oxygen atoms in total. The molecular weight excluding hydrogens is 348 g/mol. The highest BCUT2D eigenvalue weighted by Crippen LogP contribution is 2.22. The third-order valence-corrected chi connectivity index (χ3v) is 6.93. The zero-order chi connectivity index (χ0) is 18.9. The Balaban J connectivity index is 1.86. The normalized spacial score (nSPS) is 14.6. The molecule has 26 heavy (non-hydrogen) atoms. The Hall–Kier alpha value is -2.18. The molecule has 1 aliphatic rings. The standard InChI is InChI=1S/C20H24N2O3S/c1-15(2)21(3)26(24,25)19-10-6-9-17(13-19)20(23)22-12-11-16-7-4-5-8-18(16)14-22/h4-10,13,15H,11-12,14H2,1-3H3. The van der Waals surface area contributed by atoms with Crippen LogP contribution in [-0.2, 0) is 23.0 Å². The monoisotopic (exact) mass is 372 g/mol. The molecule has 1 heterocycles. The fourth-order valence-electron chi connectivity index (χ4n) is 3.09. The molecule has 2 aromatic rings.